The van der Waals surface area contributed by atoms with Crippen LogP contribution in [0.2, 0.25) is 5.02 Å². The number of hydrogen-bond acceptors (Lipinski definition) is 1. The quantitative estimate of drug-likeness (QED) is 0.832. The first-order valence-corrected chi connectivity index (χ1v) is 5.16. The average molecular weight is 232 g/mol. The summed E-state index contributed by atoms with van der Waals surface area (Å²) in [5.74, 6) is -2.71. The summed E-state index contributed by atoms with van der Waals surface area (Å²) >= 11 is 5.97. The summed E-state index contributed by atoms with van der Waals surface area (Å²) in [6.45, 7) is 1.72. The Morgan fingerprint density at radius 3 is 2.47 bits per heavy atom. The molecule has 1 aromatic rings. The highest BCUT2D eigenvalue weighted by Gasteiger charge is 2.71. The van der Waals surface area contributed by atoms with Gasteiger partial charge < -0.3 is 5.73 Å². The van der Waals surface area contributed by atoms with Crippen molar-refractivity contribution in [1.29, 1.82) is 0 Å². The third-order valence-corrected chi connectivity index (χ3v) is 3.46. The van der Waals surface area contributed by atoms with Crippen LogP contribution in [-0.2, 0) is 5.41 Å². The number of nitrogens with two attached hydrogens (primary N) is 1. The average Bonchev–Trinajstić information content (AvgIpc) is 2.69. The molecule has 1 atom stereocenters. The smallest absolute Gasteiger partial charge is 0.260 e. The maximum Gasteiger partial charge on any atom is 0.260 e. The molecule has 82 valence electrons. The highest BCUT2D eigenvalue weighted by molar-refractivity contribution is 6.31. The van der Waals surface area contributed by atoms with Crippen LogP contribution < -0.4 is 5.73 Å². The molecular weight excluding hydrogens is 220 g/mol. The van der Waals surface area contributed by atoms with Crippen molar-refractivity contribution in [3.8, 4) is 0 Å². The molecule has 2 rings (SSSR count). The molecule has 0 bridgehead atoms. The van der Waals surface area contributed by atoms with Crippen LogP contribution >= 0.6 is 11.6 Å². The van der Waals surface area contributed by atoms with E-state index < -0.39 is 11.3 Å². The monoisotopic (exact) mass is 231 g/mol. The molecule has 1 aromatic carbocycles. The summed E-state index contributed by atoms with van der Waals surface area (Å²) in [4.78, 5) is 0. The van der Waals surface area contributed by atoms with Crippen molar-refractivity contribution in [2.24, 2.45) is 5.73 Å². The standard InChI is InChI=1S/C11H12ClF2N/c1-7-3-2-4-8(12)9(7)10(6-15)5-11(10,13)14/h2-4H,5-6,15H2,1H3. The van der Waals surface area contributed by atoms with Gasteiger partial charge in [0.15, 0.2) is 0 Å². The third-order valence-electron chi connectivity index (χ3n) is 3.15. The van der Waals surface area contributed by atoms with E-state index in [0.717, 1.165) is 5.56 Å². The third kappa shape index (κ3) is 1.37. The Balaban J connectivity index is 2.55. The summed E-state index contributed by atoms with van der Waals surface area (Å²) in [6, 6.07) is 5.18. The van der Waals surface area contributed by atoms with Crippen molar-refractivity contribution < 1.29 is 8.78 Å². The van der Waals surface area contributed by atoms with Gasteiger partial charge in [-0.05, 0) is 24.1 Å². The van der Waals surface area contributed by atoms with Crippen molar-refractivity contribution in [1.82, 2.24) is 0 Å². The Morgan fingerprint density at radius 1 is 1.47 bits per heavy atom. The Labute approximate surface area is 92.2 Å². The second-order valence-corrected chi connectivity index (χ2v) is 4.51. The van der Waals surface area contributed by atoms with Crippen LogP contribution in [0.5, 0.6) is 0 Å². The Kier molecular flexibility index (Phi) is 2.28. The lowest BCUT2D eigenvalue weighted by molar-refractivity contribution is 0.0895. The molecule has 1 aliphatic rings. The molecule has 1 unspecified atom stereocenters. The molecule has 2 N–H and O–H groups in total. The summed E-state index contributed by atoms with van der Waals surface area (Å²) in [5.41, 5.74) is 5.54. The van der Waals surface area contributed by atoms with Crippen LogP contribution in [0.25, 0.3) is 0 Å². The molecule has 0 spiro atoms. The predicted octanol–water partition coefficient (Wildman–Crippen LogP) is 2.88. The lowest BCUT2D eigenvalue weighted by atomic mass is 9.91. The molecule has 15 heavy (non-hydrogen) atoms. The lowest BCUT2D eigenvalue weighted by Crippen LogP contribution is -2.28. The highest BCUT2D eigenvalue weighted by Crippen LogP contribution is 2.62. The number of halogens is 3. The zero-order chi connectivity index (χ0) is 11.3. The lowest BCUT2D eigenvalue weighted by Gasteiger charge is -2.18. The number of aryl methyl sites for hydroxylation is 1. The fourth-order valence-corrected chi connectivity index (χ4v) is 2.57. The fraction of sp³-hybridized carbons (Fsp3) is 0.455. The van der Waals surface area contributed by atoms with Gasteiger partial charge in [-0.2, -0.15) is 0 Å². The maximum atomic E-state index is 13.4. The van der Waals surface area contributed by atoms with E-state index in [1.807, 2.05) is 0 Å². The van der Waals surface area contributed by atoms with Gasteiger partial charge in [0, 0.05) is 18.0 Å². The number of hydrogen-bond donors (Lipinski definition) is 1. The van der Waals surface area contributed by atoms with E-state index in [2.05, 4.69) is 0 Å². The van der Waals surface area contributed by atoms with Crippen LogP contribution in [0.15, 0.2) is 18.2 Å². The van der Waals surface area contributed by atoms with Crippen LogP contribution in [-0.4, -0.2) is 12.5 Å². The van der Waals surface area contributed by atoms with Gasteiger partial charge in [0.1, 0.15) is 0 Å². The van der Waals surface area contributed by atoms with Crippen LogP contribution in [0.4, 0.5) is 8.78 Å². The van der Waals surface area contributed by atoms with Crippen molar-refractivity contribution >= 4 is 11.6 Å². The Morgan fingerprint density at radius 2 is 2.07 bits per heavy atom. The number of rotatable bonds is 2. The van der Waals surface area contributed by atoms with E-state index in [1.165, 1.54) is 0 Å². The van der Waals surface area contributed by atoms with Crippen LogP contribution in [0.3, 0.4) is 0 Å². The molecule has 0 aliphatic heterocycles. The minimum Gasteiger partial charge on any atom is -0.329 e. The van der Waals surface area contributed by atoms with Crippen molar-refractivity contribution in [3.63, 3.8) is 0 Å². The minimum absolute atomic E-state index is 0.0649. The van der Waals surface area contributed by atoms with E-state index >= 15 is 0 Å². The van der Waals surface area contributed by atoms with Crippen molar-refractivity contribution in [2.75, 3.05) is 6.54 Å². The topological polar surface area (TPSA) is 26.0 Å². The van der Waals surface area contributed by atoms with Gasteiger partial charge in [-0.3, -0.25) is 0 Å². The number of alkyl halides is 2. The molecule has 0 amide bonds. The van der Waals surface area contributed by atoms with Gasteiger partial charge in [-0.15, -0.1) is 0 Å². The Hall–Kier alpha value is -0.670. The molecule has 1 nitrogen and oxygen atoms in total. The Bertz CT molecular complexity index is 385. The maximum absolute atomic E-state index is 13.4. The molecule has 4 heteroatoms. The van der Waals surface area contributed by atoms with Crippen LogP contribution in [0, 0.1) is 6.92 Å². The first-order valence-electron chi connectivity index (χ1n) is 4.78. The van der Waals surface area contributed by atoms with E-state index in [-0.39, 0.29) is 13.0 Å². The van der Waals surface area contributed by atoms with Crippen LogP contribution in [0.1, 0.15) is 17.5 Å². The minimum atomic E-state index is -2.71. The molecule has 1 fully saturated rings. The molecular formula is C11H12ClF2N. The normalized spacial score (nSPS) is 27.8. The number of benzene rings is 1. The van der Waals surface area contributed by atoms with Crippen molar-refractivity contribution in [3.05, 3.63) is 34.3 Å². The van der Waals surface area contributed by atoms with E-state index in [0.29, 0.717) is 10.6 Å². The summed E-state index contributed by atoms with van der Waals surface area (Å²) in [5, 5.41) is 0.387. The van der Waals surface area contributed by atoms with Crippen molar-refractivity contribution in [2.45, 2.75) is 24.7 Å². The molecule has 0 aromatic heterocycles. The molecule has 1 saturated carbocycles. The largest absolute Gasteiger partial charge is 0.329 e. The van der Waals surface area contributed by atoms with Gasteiger partial charge in [0.05, 0.1) is 5.41 Å². The van der Waals surface area contributed by atoms with Gasteiger partial charge in [-0.1, -0.05) is 23.7 Å². The van der Waals surface area contributed by atoms with Gasteiger partial charge >= 0.3 is 0 Å². The fourth-order valence-electron chi connectivity index (χ4n) is 2.17. The van der Waals surface area contributed by atoms with E-state index in [1.54, 1.807) is 25.1 Å². The SMILES string of the molecule is Cc1cccc(Cl)c1C1(CN)CC1(F)F. The zero-order valence-corrected chi connectivity index (χ0v) is 9.11. The van der Waals surface area contributed by atoms with Gasteiger partial charge in [-0.25, -0.2) is 8.78 Å². The zero-order valence-electron chi connectivity index (χ0n) is 8.36. The summed E-state index contributed by atoms with van der Waals surface area (Å²) in [6.07, 6.45) is -0.193. The highest BCUT2D eigenvalue weighted by atomic mass is 35.5. The summed E-state index contributed by atoms with van der Waals surface area (Å²) in [7, 11) is 0. The predicted molar refractivity (Wildman–Crippen MR) is 56.5 cm³/mol. The van der Waals surface area contributed by atoms with E-state index in [9.17, 15) is 8.78 Å². The molecule has 1 aliphatic carbocycles. The van der Waals surface area contributed by atoms with E-state index in [4.69, 9.17) is 17.3 Å². The molecule has 0 heterocycles. The van der Waals surface area contributed by atoms with Gasteiger partial charge in [0.2, 0.25) is 0 Å². The second kappa shape index (κ2) is 3.16. The second-order valence-electron chi connectivity index (χ2n) is 4.10. The first-order chi connectivity index (χ1) is 6.94. The molecule has 0 saturated heterocycles. The first kappa shape index (κ1) is 10.8. The molecule has 0 radical (unpaired) electrons. The van der Waals surface area contributed by atoms with Gasteiger partial charge in [0.25, 0.3) is 5.92 Å². The summed E-state index contributed by atoms with van der Waals surface area (Å²) < 4.78 is 26.7.